The average molecular weight is 262 g/mol. The van der Waals surface area contributed by atoms with Crippen LogP contribution in [-0.4, -0.2) is 36.5 Å². The van der Waals surface area contributed by atoms with Gasteiger partial charge in [0.05, 0.1) is 18.7 Å². The summed E-state index contributed by atoms with van der Waals surface area (Å²) in [6.45, 7) is 1.36. The summed E-state index contributed by atoms with van der Waals surface area (Å²) in [5.41, 5.74) is 6.80. The smallest absolute Gasteiger partial charge is 0.338 e. The van der Waals surface area contributed by atoms with Crippen LogP contribution in [0.3, 0.4) is 0 Å². The van der Waals surface area contributed by atoms with Crippen LogP contribution in [0, 0.1) is 0 Å². The molecule has 1 unspecified atom stereocenters. The molecule has 2 rings (SSSR count). The monoisotopic (exact) mass is 262 g/mol. The number of carbonyl (C=O) groups excluding carboxylic acids is 2. The topological polar surface area (TPSA) is 72.6 Å². The van der Waals surface area contributed by atoms with E-state index in [1.165, 1.54) is 7.11 Å². The van der Waals surface area contributed by atoms with Crippen LogP contribution in [0.25, 0.3) is 0 Å². The molecular weight excluding hydrogens is 244 g/mol. The van der Waals surface area contributed by atoms with Crippen molar-refractivity contribution in [1.82, 2.24) is 4.90 Å². The Bertz CT molecular complexity index is 487. The lowest BCUT2D eigenvalue weighted by molar-refractivity contribution is -0.122. The molecule has 1 fully saturated rings. The van der Waals surface area contributed by atoms with Gasteiger partial charge in [0.2, 0.25) is 5.91 Å². The van der Waals surface area contributed by atoms with Gasteiger partial charge in [0.1, 0.15) is 0 Å². The maximum Gasteiger partial charge on any atom is 0.338 e. The molecule has 19 heavy (non-hydrogen) atoms. The van der Waals surface area contributed by atoms with E-state index < -0.39 is 0 Å². The van der Waals surface area contributed by atoms with Crippen LogP contribution >= 0.6 is 0 Å². The summed E-state index contributed by atoms with van der Waals surface area (Å²) in [5, 5.41) is 0. The number of methoxy groups -OCH3 is 1. The van der Waals surface area contributed by atoms with Crippen LogP contribution in [0.4, 0.5) is 0 Å². The lowest BCUT2D eigenvalue weighted by Crippen LogP contribution is -2.40. The van der Waals surface area contributed by atoms with Crippen LogP contribution < -0.4 is 5.73 Å². The van der Waals surface area contributed by atoms with Crippen LogP contribution in [0.2, 0.25) is 0 Å². The third kappa shape index (κ3) is 2.93. The fourth-order valence-corrected chi connectivity index (χ4v) is 2.52. The molecule has 1 heterocycles. The number of nitrogens with zero attached hydrogens (tertiary/aromatic N) is 1. The van der Waals surface area contributed by atoms with Gasteiger partial charge in [-0.2, -0.15) is 0 Å². The predicted molar refractivity (Wildman–Crippen MR) is 70.4 cm³/mol. The lowest BCUT2D eigenvalue weighted by atomic mass is 10.1. The number of primary amides is 1. The van der Waals surface area contributed by atoms with E-state index in [9.17, 15) is 9.59 Å². The Morgan fingerprint density at radius 3 is 2.84 bits per heavy atom. The highest BCUT2D eigenvalue weighted by atomic mass is 16.5. The van der Waals surface area contributed by atoms with Crippen molar-refractivity contribution in [3.05, 3.63) is 35.4 Å². The van der Waals surface area contributed by atoms with Crippen LogP contribution in [0.5, 0.6) is 0 Å². The van der Waals surface area contributed by atoms with Crippen molar-refractivity contribution in [3.63, 3.8) is 0 Å². The minimum absolute atomic E-state index is 0.231. The number of carbonyl (C=O) groups is 2. The Labute approximate surface area is 112 Å². The SMILES string of the molecule is COC(=O)c1ccccc1CN1CCCC1C(N)=O. The fourth-order valence-electron chi connectivity index (χ4n) is 2.52. The van der Waals surface area contributed by atoms with Gasteiger partial charge in [0.15, 0.2) is 0 Å². The zero-order valence-electron chi connectivity index (χ0n) is 11.0. The Hall–Kier alpha value is -1.88. The number of hydrogen-bond acceptors (Lipinski definition) is 4. The van der Waals surface area contributed by atoms with Crippen molar-refractivity contribution in [3.8, 4) is 0 Å². The van der Waals surface area contributed by atoms with Gasteiger partial charge in [0.25, 0.3) is 0 Å². The number of rotatable bonds is 4. The summed E-state index contributed by atoms with van der Waals surface area (Å²) < 4.78 is 4.77. The van der Waals surface area contributed by atoms with E-state index in [-0.39, 0.29) is 17.9 Å². The number of likely N-dealkylation sites (tertiary alicyclic amines) is 1. The Balaban J connectivity index is 2.19. The highest BCUT2D eigenvalue weighted by Crippen LogP contribution is 2.21. The van der Waals surface area contributed by atoms with E-state index >= 15 is 0 Å². The minimum atomic E-state index is -0.356. The molecule has 5 heteroatoms. The number of nitrogens with two attached hydrogens (primary N) is 1. The highest BCUT2D eigenvalue weighted by molar-refractivity contribution is 5.91. The van der Waals surface area contributed by atoms with Crippen molar-refractivity contribution in [1.29, 1.82) is 0 Å². The third-order valence-electron chi connectivity index (χ3n) is 3.49. The zero-order chi connectivity index (χ0) is 13.8. The second-order valence-electron chi connectivity index (χ2n) is 4.68. The van der Waals surface area contributed by atoms with Crippen molar-refractivity contribution in [2.45, 2.75) is 25.4 Å². The first kappa shape index (κ1) is 13.5. The molecule has 1 aliphatic heterocycles. The van der Waals surface area contributed by atoms with E-state index in [4.69, 9.17) is 10.5 Å². The second-order valence-corrected chi connectivity index (χ2v) is 4.68. The molecule has 1 aromatic rings. The second kappa shape index (κ2) is 5.84. The summed E-state index contributed by atoms with van der Waals surface area (Å²) >= 11 is 0. The standard InChI is InChI=1S/C14H18N2O3/c1-19-14(18)11-6-3-2-5-10(11)9-16-8-4-7-12(16)13(15)17/h2-3,5-6,12H,4,7-9H2,1H3,(H2,15,17). The minimum Gasteiger partial charge on any atom is -0.465 e. The summed E-state index contributed by atoms with van der Waals surface area (Å²) in [4.78, 5) is 25.1. The first-order chi connectivity index (χ1) is 9.13. The van der Waals surface area contributed by atoms with Crippen LogP contribution in [-0.2, 0) is 16.1 Å². The fraction of sp³-hybridized carbons (Fsp3) is 0.429. The van der Waals surface area contributed by atoms with Crippen molar-refractivity contribution >= 4 is 11.9 Å². The van der Waals surface area contributed by atoms with Gasteiger partial charge in [-0.3, -0.25) is 9.69 Å². The molecule has 1 atom stereocenters. The molecule has 0 radical (unpaired) electrons. The van der Waals surface area contributed by atoms with Gasteiger partial charge in [-0.05, 0) is 31.0 Å². The lowest BCUT2D eigenvalue weighted by Gasteiger charge is -2.22. The van der Waals surface area contributed by atoms with Crippen LogP contribution in [0.1, 0.15) is 28.8 Å². The average Bonchev–Trinajstić information content (AvgIpc) is 2.87. The van der Waals surface area contributed by atoms with E-state index in [0.29, 0.717) is 12.1 Å². The van der Waals surface area contributed by atoms with Crippen molar-refractivity contribution < 1.29 is 14.3 Å². The van der Waals surface area contributed by atoms with Gasteiger partial charge in [0, 0.05) is 6.54 Å². The molecular formula is C14H18N2O3. The molecule has 0 aliphatic carbocycles. The van der Waals surface area contributed by atoms with E-state index in [1.54, 1.807) is 12.1 Å². The summed E-state index contributed by atoms with van der Waals surface area (Å²) in [5.74, 6) is -0.654. The van der Waals surface area contributed by atoms with Gasteiger partial charge < -0.3 is 10.5 Å². The molecule has 1 saturated heterocycles. The Morgan fingerprint density at radius 2 is 2.16 bits per heavy atom. The molecule has 5 nitrogen and oxygen atoms in total. The third-order valence-corrected chi connectivity index (χ3v) is 3.49. The van der Waals surface area contributed by atoms with Crippen LogP contribution in [0.15, 0.2) is 24.3 Å². The first-order valence-corrected chi connectivity index (χ1v) is 6.33. The van der Waals surface area contributed by atoms with Crippen molar-refractivity contribution in [2.24, 2.45) is 5.73 Å². The number of amides is 1. The van der Waals surface area contributed by atoms with E-state index in [0.717, 1.165) is 24.9 Å². The molecule has 0 spiro atoms. The molecule has 1 aliphatic rings. The maximum atomic E-state index is 11.7. The number of esters is 1. The molecule has 1 amide bonds. The first-order valence-electron chi connectivity index (χ1n) is 6.33. The molecule has 0 bridgehead atoms. The van der Waals surface area contributed by atoms with Gasteiger partial charge in [-0.25, -0.2) is 4.79 Å². The highest BCUT2D eigenvalue weighted by Gasteiger charge is 2.29. The normalized spacial score (nSPS) is 19.3. The van der Waals surface area contributed by atoms with Crippen molar-refractivity contribution in [2.75, 3.05) is 13.7 Å². The number of benzene rings is 1. The molecule has 2 N–H and O–H groups in total. The molecule has 102 valence electrons. The summed E-state index contributed by atoms with van der Waals surface area (Å²) in [6, 6.07) is 7.05. The van der Waals surface area contributed by atoms with Gasteiger partial charge in [-0.15, -0.1) is 0 Å². The molecule has 0 saturated carbocycles. The summed E-state index contributed by atoms with van der Waals surface area (Å²) in [7, 11) is 1.36. The summed E-state index contributed by atoms with van der Waals surface area (Å²) in [6.07, 6.45) is 1.74. The number of hydrogen-bond donors (Lipinski definition) is 1. The predicted octanol–water partition coefficient (Wildman–Crippen LogP) is 0.923. The Kier molecular flexibility index (Phi) is 4.16. The van der Waals surface area contributed by atoms with E-state index in [1.807, 2.05) is 17.0 Å². The largest absolute Gasteiger partial charge is 0.465 e. The Morgan fingerprint density at radius 1 is 1.42 bits per heavy atom. The van der Waals surface area contributed by atoms with Gasteiger partial charge in [-0.1, -0.05) is 18.2 Å². The molecule has 1 aromatic carbocycles. The van der Waals surface area contributed by atoms with Gasteiger partial charge >= 0.3 is 5.97 Å². The van der Waals surface area contributed by atoms with E-state index in [2.05, 4.69) is 0 Å². The molecule has 0 aromatic heterocycles. The zero-order valence-corrected chi connectivity index (χ0v) is 11.0. The quantitative estimate of drug-likeness (QED) is 0.819. The maximum absolute atomic E-state index is 11.7. The number of ether oxygens (including phenoxy) is 1.